The fraction of sp³-hybridized carbons (Fsp3) is 0.0714. The highest BCUT2D eigenvalue weighted by molar-refractivity contribution is 5.73. The second kappa shape index (κ2) is 4.62. The van der Waals surface area contributed by atoms with Crippen LogP contribution in [0.1, 0.15) is 12.6 Å². The molecule has 0 saturated heterocycles. The predicted octanol–water partition coefficient (Wildman–Crippen LogP) is 3.48. The number of pyridine rings is 1. The summed E-state index contributed by atoms with van der Waals surface area (Å²) in [6.45, 7) is 5.80. The zero-order valence-electron chi connectivity index (χ0n) is 9.30. The first-order chi connectivity index (χ1) is 7.85. The van der Waals surface area contributed by atoms with E-state index < -0.39 is 0 Å². The second-order valence-electron chi connectivity index (χ2n) is 3.44. The zero-order chi connectivity index (χ0) is 11.4. The minimum absolute atomic E-state index is 0.944. The number of aromatic nitrogens is 2. The van der Waals surface area contributed by atoms with Gasteiger partial charge < -0.3 is 4.40 Å². The second-order valence-corrected chi connectivity index (χ2v) is 3.44. The maximum atomic E-state index is 4.53. The van der Waals surface area contributed by atoms with Gasteiger partial charge in [-0.2, -0.15) is 0 Å². The smallest absolute Gasteiger partial charge is 0.137 e. The normalized spacial score (nSPS) is 12.4. The van der Waals surface area contributed by atoms with Gasteiger partial charge in [-0.3, -0.25) is 0 Å². The molecule has 2 aromatic heterocycles. The van der Waals surface area contributed by atoms with E-state index in [1.165, 1.54) is 0 Å². The lowest BCUT2D eigenvalue weighted by molar-refractivity contribution is 1.19. The molecule has 2 nitrogen and oxygen atoms in total. The molecule has 0 bridgehead atoms. The van der Waals surface area contributed by atoms with Crippen molar-refractivity contribution >= 4 is 11.2 Å². The molecule has 2 heterocycles. The molecule has 0 aliphatic rings. The van der Waals surface area contributed by atoms with Crippen LogP contribution in [0, 0.1) is 0 Å². The van der Waals surface area contributed by atoms with Gasteiger partial charge in [0.1, 0.15) is 5.65 Å². The molecule has 0 aromatic carbocycles. The largest absolute Gasteiger partial charge is 0.306 e. The SMILES string of the molecule is C=C/C(=C\C=C/C)c1cn2ccccc2n1. The van der Waals surface area contributed by atoms with Crippen LogP contribution in [-0.4, -0.2) is 9.38 Å². The minimum Gasteiger partial charge on any atom is -0.306 e. The molecule has 0 saturated carbocycles. The first-order valence-corrected chi connectivity index (χ1v) is 5.24. The summed E-state index contributed by atoms with van der Waals surface area (Å²) >= 11 is 0. The number of nitrogens with zero attached hydrogens (tertiary/aromatic N) is 2. The average Bonchev–Trinajstić information content (AvgIpc) is 2.73. The van der Waals surface area contributed by atoms with Crippen LogP contribution in [0.5, 0.6) is 0 Å². The van der Waals surface area contributed by atoms with Crippen LogP contribution in [0.15, 0.2) is 61.5 Å². The maximum Gasteiger partial charge on any atom is 0.137 e. The van der Waals surface area contributed by atoms with E-state index in [4.69, 9.17) is 0 Å². The van der Waals surface area contributed by atoms with E-state index in [1.807, 2.05) is 66.2 Å². The van der Waals surface area contributed by atoms with Gasteiger partial charge in [-0.05, 0) is 19.1 Å². The highest BCUT2D eigenvalue weighted by Gasteiger charge is 2.02. The van der Waals surface area contributed by atoms with E-state index in [0.29, 0.717) is 0 Å². The van der Waals surface area contributed by atoms with Crippen molar-refractivity contribution in [2.45, 2.75) is 6.92 Å². The maximum absolute atomic E-state index is 4.53. The lowest BCUT2D eigenvalue weighted by Gasteiger charge is -1.92. The van der Waals surface area contributed by atoms with Crippen molar-refractivity contribution < 1.29 is 0 Å². The van der Waals surface area contributed by atoms with E-state index >= 15 is 0 Å². The fourth-order valence-corrected chi connectivity index (χ4v) is 1.53. The van der Waals surface area contributed by atoms with Crippen LogP contribution in [0.3, 0.4) is 0 Å². The van der Waals surface area contributed by atoms with Gasteiger partial charge in [0.15, 0.2) is 0 Å². The van der Waals surface area contributed by atoms with Crippen molar-refractivity contribution in [3.05, 3.63) is 67.2 Å². The van der Waals surface area contributed by atoms with Gasteiger partial charge in [0.2, 0.25) is 0 Å². The molecule has 0 spiro atoms. The summed E-state index contributed by atoms with van der Waals surface area (Å²) in [5, 5.41) is 0. The number of imidazole rings is 1. The average molecular weight is 210 g/mol. The third kappa shape index (κ3) is 1.96. The Morgan fingerprint density at radius 1 is 1.44 bits per heavy atom. The van der Waals surface area contributed by atoms with Crippen molar-refractivity contribution in [1.82, 2.24) is 9.38 Å². The van der Waals surface area contributed by atoms with E-state index in [1.54, 1.807) is 0 Å². The van der Waals surface area contributed by atoms with Crippen molar-refractivity contribution in [3.8, 4) is 0 Å². The Bertz CT molecular complexity index is 526. The Morgan fingerprint density at radius 2 is 2.31 bits per heavy atom. The summed E-state index contributed by atoms with van der Waals surface area (Å²) in [6.07, 6.45) is 11.8. The summed E-state index contributed by atoms with van der Waals surface area (Å²) in [5.41, 5.74) is 2.92. The molecule has 0 N–H and O–H groups in total. The molecule has 0 radical (unpaired) electrons. The standard InChI is InChI=1S/C14H14N2/c1-3-5-8-12(4-2)13-11-16-10-7-6-9-14(16)15-13/h3-11H,2H2,1H3/b5-3-,12-8+. The Labute approximate surface area is 95.3 Å². The fourth-order valence-electron chi connectivity index (χ4n) is 1.53. The van der Waals surface area contributed by atoms with Crippen molar-refractivity contribution in [3.63, 3.8) is 0 Å². The van der Waals surface area contributed by atoms with E-state index in [-0.39, 0.29) is 0 Å². The third-order valence-corrected chi connectivity index (χ3v) is 2.35. The number of hydrogen-bond acceptors (Lipinski definition) is 1. The topological polar surface area (TPSA) is 17.3 Å². The van der Waals surface area contributed by atoms with Crippen LogP contribution in [0.4, 0.5) is 0 Å². The minimum atomic E-state index is 0.944. The van der Waals surface area contributed by atoms with Gasteiger partial charge in [-0.25, -0.2) is 4.98 Å². The molecular weight excluding hydrogens is 196 g/mol. The highest BCUT2D eigenvalue weighted by Crippen LogP contribution is 2.15. The lowest BCUT2D eigenvalue weighted by atomic mass is 10.2. The molecule has 0 unspecified atom stereocenters. The summed E-state index contributed by atoms with van der Waals surface area (Å²) in [6, 6.07) is 5.96. The molecule has 0 atom stereocenters. The lowest BCUT2D eigenvalue weighted by Crippen LogP contribution is -1.78. The van der Waals surface area contributed by atoms with Gasteiger partial charge in [-0.1, -0.05) is 36.9 Å². The predicted molar refractivity (Wildman–Crippen MR) is 68.2 cm³/mol. The zero-order valence-corrected chi connectivity index (χ0v) is 9.30. The summed E-state index contributed by atoms with van der Waals surface area (Å²) < 4.78 is 2.00. The molecule has 80 valence electrons. The summed E-state index contributed by atoms with van der Waals surface area (Å²) in [4.78, 5) is 4.53. The van der Waals surface area contributed by atoms with Gasteiger partial charge >= 0.3 is 0 Å². The number of hydrogen-bond donors (Lipinski definition) is 0. The Hall–Kier alpha value is -2.09. The first-order valence-electron chi connectivity index (χ1n) is 5.24. The monoisotopic (exact) mass is 210 g/mol. The van der Waals surface area contributed by atoms with Gasteiger partial charge in [-0.15, -0.1) is 0 Å². The first kappa shape index (κ1) is 10.4. The van der Waals surface area contributed by atoms with Crippen molar-refractivity contribution in [2.75, 3.05) is 0 Å². The third-order valence-electron chi connectivity index (χ3n) is 2.35. The molecule has 0 aliphatic carbocycles. The Balaban J connectivity index is 2.49. The molecule has 2 rings (SSSR count). The number of allylic oxidation sites excluding steroid dienone is 5. The van der Waals surface area contributed by atoms with Gasteiger partial charge in [0, 0.05) is 18.0 Å². The Kier molecular flexibility index (Phi) is 3.01. The molecule has 16 heavy (non-hydrogen) atoms. The van der Waals surface area contributed by atoms with Crippen molar-refractivity contribution in [2.24, 2.45) is 0 Å². The molecule has 2 heteroatoms. The van der Waals surface area contributed by atoms with Crippen molar-refractivity contribution in [1.29, 1.82) is 0 Å². The van der Waals surface area contributed by atoms with Crippen LogP contribution < -0.4 is 0 Å². The molecule has 0 aliphatic heterocycles. The summed E-state index contributed by atoms with van der Waals surface area (Å²) in [7, 11) is 0. The number of fused-ring (bicyclic) bond motifs is 1. The van der Waals surface area contributed by atoms with Gasteiger partial charge in [0.25, 0.3) is 0 Å². The van der Waals surface area contributed by atoms with Gasteiger partial charge in [0.05, 0.1) is 5.69 Å². The van der Waals surface area contributed by atoms with E-state index in [2.05, 4.69) is 11.6 Å². The van der Waals surface area contributed by atoms with E-state index in [9.17, 15) is 0 Å². The molecule has 2 aromatic rings. The molecule has 0 fully saturated rings. The van der Waals surface area contributed by atoms with Crippen LogP contribution >= 0.6 is 0 Å². The Morgan fingerprint density at radius 3 is 3.00 bits per heavy atom. The van der Waals surface area contributed by atoms with Crippen LogP contribution in [-0.2, 0) is 0 Å². The van der Waals surface area contributed by atoms with Crippen LogP contribution in [0.25, 0.3) is 11.2 Å². The molecule has 0 amide bonds. The van der Waals surface area contributed by atoms with E-state index in [0.717, 1.165) is 16.9 Å². The summed E-state index contributed by atoms with van der Waals surface area (Å²) in [5.74, 6) is 0. The van der Waals surface area contributed by atoms with Crippen LogP contribution in [0.2, 0.25) is 0 Å². The quantitative estimate of drug-likeness (QED) is 0.709. The highest BCUT2D eigenvalue weighted by atomic mass is 15.0. The number of rotatable bonds is 3. The molecular formula is C14H14N2.